The van der Waals surface area contributed by atoms with Gasteiger partial charge < -0.3 is 10.6 Å². The first-order chi connectivity index (χ1) is 11.6. The topological polar surface area (TPSA) is 74.3 Å². The molecule has 6 nitrogen and oxygen atoms in total. The highest BCUT2D eigenvalue weighted by Gasteiger charge is 2.34. The Bertz CT molecular complexity index is 746. The van der Waals surface area contributed by atoms with Crippen LogP contribution >= 0.6 is 0 Å². The summed E-state index contributed by atoms with van der Waals surface area (Å²) in [4.78, 5) is 30.7. The van der Waals surface area contributed by atoms with Crippen LogP contribution in [0.4, 0.5) is 17.2 Å². The molecule has 2 amide bonds. The van der Waals surface area contributed by atoms with Crippen molar-refractivity contribution < 1.29 is 9.59 Å². The zero-order valence-electron chi connectivity index (χ0n) is 13.7. The fourth-order valence-corrected chi connectivity index (χ4v) is 2.72. The molecule has 0 spiro atoms. The number of carbonyl (C=O) groups is 2. The largest absolute Gasteiger partial charge is 0.372 e. The fourth-order valence-electron chi connectivity index (χ4n) is 2.72. The highest BCUT2D eigenvalue weighted by Crippen LogP contribution is 2.32. The third-order valence-electron chi connectivity index (χ3n) is 3.94. The van der Waals surface area contributed by atoms with Crippen LogP contribution in [0.2, 0.25) is 0 Å². The van der Waals surface area contributed by atoms with Gasteiger partial charge in [-0.2, -0.15) is 0 Å². The first-order valence-corrected chi connectivity index (χ1v) is 7.94. The first kappa shape index (κ1) is 16.0. The van der Waals surface area contributed by atoms with Crippen molar-refractivity contribution in [1.29, 1.82) is 0 Å². The molecule has 0 bridgehead atoms. The maximum absolute atomic E-state index is 12.8. The molecule has 0 saturated carbocycles. The van der Waals surface area contributed by atoms with Crippen LogP contribution in [-0.2, 0) is 9.59 Å². The van der Waals surface area contributed by atoms with E-state index in [1.54, 1.807) is 24.4 Å². The maximum atomic E-state index is 12.8. The molecule has 124 valence electrons. The highest BCUT2D eigenvalue weighted by molar-refractivity contribution is 6.09. The van der Waals surface area contributed by atoms with Gasteiger partial charge in [0.05, 0.1) is 11.4 Å². The van der Waals surface area contributed by atoms with Crippen LogP contribution < -0.4 is 15.5 Å². The number of para-hydroxylation sites is 2. The zero-order chi connectivity index (χ0) is 17.1. The van der Waals surface area contributed by atoms with E-state index in [-0.39, 0.29) is 30.3 Å². The molecule has 2 heterocycles. The van der Waals surface area contributed by atoms with Crippen molar-refractivity contribution in [2.45, 2.75) is 19.9 Å². The summed E-state index contributed by atoms with van der Waals surface area (Å²) in [5.74, 6) is 0.215. The number of aromatic nitrogens is 1. The number of carbonyl (C=O) groups excluding carboxylic acids is 2. The van der Waals surface area contributed by atoms with Crippen molar-refractivity contribution >= 4 is 29.0 Å². The van der Waals surface area contributed by atoms with Crippen LogP contribution in [0.1, 0.15) is 13.8 Å². The van der Waals surface area contributed by atoms with Crippen LogP contribution in [0.25, 0.3) is 0 Å². The van der Waals surface area contributed by atoms with Gasteiger partial charge in [-0.3, -0.25) is 14.5 Å². The summed E-state index contributed by atoms with van der Waals surface area (Å²) in [6.45, 7) is 3.92. The van der Waals surface area contributed by atoms with Gasteiger partial charge in [-0.1, -0.05) is 32.0 Å². The predicted molar refractivity (Wildman–Crippen MR) is 93.9 cm³/mol. The van der Waals surface area contributed by atoms with Crippen molar-refractivity contribution in [1.82, 2.24) is 4.98 Å². The third-order valence-corrected chi connectivity index (χ3v) is 3.94. The molecule has 1 unspecified atom stereocenters. The van der Waals surface area contributed by atoms with Gasteiger partial charge in [-0.25, -0.2) is 4.98 Å². The SMILES string of the molecule is CC(C)C1Nc2ccccc2N(CC(=O)Nc2ccccn2)C1=O. The smallest absolute Gasteiger partial charge is 0.250 e. The Hall–Kier alpha value is -2.89. The van der Waals surface area contributed by atoms with Gasteiger partial charge in [0.25, 0.3) is 0 Å². The van der Waals surface area contributed by atoms with E-state index in [0.29, 0.717) is 5.82 Å². The number of amides is 2. The third kappa shape index (κ3) is 3.22. The minimum Gasteiger partial charge on any atom is -0.372 e. The molecule has 1 atom stereocenters. The Labute approximate surface area is 140 Å². The summed E-state index contributed by atoms with van der Waals surface area (Å²) in [5, 5.41) is 5.98. The summed E-state index contributed by atoms with van der Waals surface area (Å²) in [6, 6.07) is 12.5. The number of anilines is 3. The van der Waals surface area contributed by atoms with E-state index in [4.69, 9.17) is 0 Å². The van der Waals surface area contributed by atoms with Crippen LogP contribution in [0, 0.1) is 5.92 Å². The second-order valence-corrected chi connectivity index (χ2v) is 6.07. The molecular weight excluding hydrogens is 304 g/mol. The quantitative estimate of drug-likeness (QED) is 0.906. The Morgan fingerprint density at radius 1 is 1.25 bits per heavy atom. The average Bonchev–Trinajstić information content (AvgIpc) is 2.58. The van der Waals surface area contributed by atoms with E-state index in [2.05, 4.69) is 15.6 Å². The van der Waals surface area contributed by atoms with Crippen molar-refractivity contribution in [3.8, 4) is 0 Å². The standard InChI is InChI=1S/C18H20N4O2/c1-12(2)17-18(24)22(14-8-4-3-7-13(14)20-17)11-16(23)21-15-9-5-6-10-19-15/h3-10,12,17,20H,11H2,1-2H3,(H,19,21,23). The fraction of sp³-hybridized carbons (Fsp3) is 0.278. The Morgan fingerprint density at radius 3 is 2.71 bits per heavy atom. The molecule has 2 N–H and O–H groups in total. The van der Waals surface area contributed by atoms with Crippen molar-refractivity contribution in [3.05, 3.63) is 48.7 Å². The van der Waals surface area contributed by atoms with Crippen molar-refractivity contribution in [2.75, 3.05) is 22.1 Å². The monoisotopic (exact) mass is 324 g/mol. The lowest BCUT2D eigenvalue weighted by molar-refractivity contribution is -0.123. The lowest BCUT2D eigenvalue weighted by Gasteiger charge is -2.36. The van der Waals surface area contributed by atoms with Gasteiger partial charge >= 0.3 is 0 Å². The van der Waals surface area contributed by atoms with Crippen molar-refractivity contribution in [2.24, 2.45) is 5.92 Å². The normalized spacial score (nSPS) is 16.5. The van der Waals surface area contributed by atoms with Gasteiger partial charge in [-0.15, -0.1) is 0 Å². The number of fused-ring (bicyclic) bond motifs is 1. The van der Waals surface area contributed by atoms with E-state index >= 15 is 0 Å². The van der Waals surface area contributed by atoms with E-state index in [1.807, 2.05) is 38.1 Å². The first-order valence-electron chi connectivity index (χ1n) is 7.94. The zero-order valence-corrected chi connectivity index (χ0v) is 13.7. The average molecular weight is 324 g/mol. The lowest BCUT2D eigenvalue weighted by Crippen LogP contribution is -2.51. The molecule has 2 aromatic rings. The van der Waals surface area contributed by atoms with E-state index in [9.17, 15) is 9.59 Å². The summed E-state index contributed by atoms with van der Waals surface area (Å²) in [6.07, 6.45) is 1.61. The van der Waals surface area contributed by atoms with E-state index < -0.39 is 0 Å². The van der Waals surface area contributed by atoms with Gasteiger partial charge in [0.1, 0.15) is 18.4 Å². The predicted octanol–water partition coefficient (Wildman–Crippen LogP) is 2.50. The van der Waals surface area contributed by atoms with Crippen LogP contribution in [0.5, 0.6) is 0 Å². The molecule has 24 heavy (non-hydrogen) atoms. The summed E-state index contributed by atoms with van der Waals surface area (Å²) < 4.78 is 0. The minimum atomic E-state index is -0.345. The molecule has 1 aliphatic heterocycles. The number of hydrogen-bond donors (Lipinski definition) is 2. The second kappa shape index (κ2) is 6.70. The Balaban J connectivity index is 1.82. The molecule has 1 aromatic heterocycles. The molecule has 1 aliphatic rings. The van der Waals surface area contributed by atoms with Crippen LogP contribution in [-0.4, -0.2) is 29.4 Å². The second-order valence-electron chi connectivity index (χ2n) is 6.07. The lowest BCUT2D eigenvalue weighted by atomic mass is 9.99. The number of rotatable bonds is 4. The minimum absolute atomic E-state index is 0.0443. The highest BCUT2D eigenvalue weighted by atomic mass is 16.2. The van der Waals surface area contributed by atoms with E-state index in [1.165, 1.54) is 4.90 Å². The van der Waals surface area contributed by atoms with Gasteiger partial charge in [0, 0.05) is 6.20 Å². The van der Waals surface area contributed by atoms with Crippen LogP contribution in [0.3, 0.4) is 0 Å². The molecule has 0 aliphatic carbocycles. The van der Waals surface area contributed by atoms with Gasteiger partial charge in [0.2, 0.25) is 11.8 Å². The van der Waals surface area contributed by atoms with Gasteiger partial charge in [0.15, 0.2) is 0 Å². The van der Waals surface area contributed by atoms with Gasteiger partial charge in [-0.05, 0) is 30.2 Å². The molecule has 1 aromatic carbocycles. The molecule has 6 heteroatoms. The summed E-state index contributed by atoms with van der Waals surface area (Å²) in [7, 11) is 0. The molecule has 3 rings (SSSR count). The number of benzene rings is 1. The molecular formula is C18H20N4O2. The Morgan fingerprint density at radius 2 is 2.00 bits per heavy atom. The maximum Gasteiger partial charge on any atom is 0.250 e. The van der Waals surface area contributed by atoms with Crippen LogP contribution in [0.15, 0.2) is 48.7 Å². The molecule has 0 saturated heterocycles. The molecule has 0 fully saturated rings. The Kier molecular flexibility index (Phi) is 4.46. The number of nitrogens with zero attached hydrogens (tertiary/aromatic N) is 2. The number of pyridine rings is 1. The molecule has 0 radical (unpaired) electrons. The number of nitrogens with one attached hydrogen (secondary N) is 2. The van der Waals surface area contributed by atoms with Crippen molar-refractivity contribution in [3.63, 3.8) is 0 Å². The van der Waals surface area contributed by atoms with E-state index in [0.717, 1.165) is 11.4 Å². The summed E-state index contributed by atoms with van der Waals surface area (Å²) >= 11 is 0. The number of hydrogen-bond acceptors (Lipinski definition) is 4. The summed E-state index contributed by atoms with van der Waals surface area (Å²) in [5.41, 5.74) is 1.58.